The largest absolute Gasteiger partial charge is 0.383 e. The zero-order valence-corrected chi connectivity index (χ0v) is 14.4. The summed E-state index contributed by atoms with van der Waals surface area (Å²) in [7, 11) is 0. The molecule has 1 aliphatic rings. The molecule has 26 heavy (non-hydrogen) atoms. The number of anilines is 1. The van der Waals surface area contributed by atoms with Crippen molar-refractivity contribution in [1.29, 1.82) is 0 Å². The first-order valence-corrected chi connectivity index (χ1v) is 9.07. The van der Waals surface area contributed by atoms with Gasteiger partial charge in [0, 0.05) is 35.9 Å². The van der Waals surface area contributed by atoms with Crippen molar-refractivity contribution in [1.82, 2.24) is 30.3 Å². The molecular formula is C19H21N7. The summed E-state index contributed by atoms with van der Waals surface area (Å²) in [5.74, 6) is 0.521. The van der Waals surface area contributed by atoms with Crippen LogP contribution in [-0.2, 0) is 6.54 Å². The SMILES string of the molecule is Nc1nc2cc(-c3ccn[nH]3)ccc2c2nn(CCNC3CCC3)cc12. The molecule has 1 fully saturated rings. The van der Waals surface area contributed by atoms with Gasteiger partial charge in [0.15, 0.2) is 0 Å². The Balaban J connectivity index is 1.49. The Kier molecular flexibility index (Phi) is 3.60. The lowest BCUT2D eigenvalue weighted by atomic mass is 9.93. The summed E-state index contributed by atoms with van der Waals surface area (Å²) in [6.45, 7) is 1.76. The second kappa shape index (κ2) is 6.10. The number of H-pyrrole nitrogens is 1. The van der Waals surface area contributed by atoms with Crippen LogP contribution in [0.2, 0.25) is 0 Å². The lowest BCUT2D eigenvalue weighted by Gasteiger charge is -2.26. The topological polar surface area (TPSA) is 97.4 Å². The molecule has 0 spiro atoms. The number of nitrogens with two attached hydrogens (primary N) is 1. The second-order valence-electron chi connectivity index (χ2n) is 6.94. The van der Waals surface area contributed by atoms with Gasteiger partial charge in [-0.05, 0) is 31.0 Å². The third kappa shape index (κ3) is 2.61. The highest BCUT2D eigenvalue weighted by atomic mass is 15.3. The highest BCUT2D eigenvalue weighted by Crippen LogP contribution is 2.29. The normalized spacial score (nSPS) is 14.9. The summed E-state index contributed by atoms with van der Waals surface area (Å²) in [5.41, 5.74) is 9.96. The molecule has 0 unspecified atom stereocenters. The standard InChI is InChI=1S/C19H21N7/c20-19-15-11-26(9-8-21-13-2-1-3-13)25-18(15)14-5-4-12(10-17(14)23-19)16-6-7-22-24-16/h4-7,10-11,13,21H,1-3,8-9H2,(H2,20,23)(H,22,24). The number of pyridine rings is 1. The van der Waals surface area contributed by atoms with Crippen LogP contribution < -0.4 is 11.1 Å². The van der Waals surface area contributed by atoms with E-state index in [0.29, 0.717) is 11.9 Å². The number of aromatic amines is 1. The van der Waals surface area contributed by atoms with E-state index in [1.165, 1.54) is 19.3 Å². The first-order valence-electron chi connectivity index (χ1n) is 9.07. The molecule has 4 N–H and O–H groups in total. The molecular weight excluding hydrogens is 326 g/mol. The average Bonchev–Trinajstić information content (AvgIpc) is 3.27. The predicted molar refractivity (Wildman–Crippen MR) is 103 cm³/mol. The average molecular weight is 347 g/mol. The van der Waals surface area contributed by atoms with Gasteiger partial charge in [-0.1, -0.05) is 12.5 Å². The smallest absolute Gasteiger partial charge is 0.135 e. The van der Waals surface area contributed by atoms with Gasteiger partial charge >= 0.3 is 0 Å². The van der Waals surface area contributed by atoms with Crippen molar-refractivity contribution in [2.45, 2.75) is 31.8 Å². The summed E-state index contributed by atoms with van der Waals surface area (Å²) >= 11 is 0. The number of aromatic nitrogens is 5. The molecule has 132 valence electrons. The Morgan fingerprint density at radius 1 is 1.23 bits per heavy atom. The quantitative estimate of drug-likeness (QED) is 0.516. The van der Waals surface area contributed by atoms with Gasteiger partial charge in [0.05, 0.1) is 23.1 Å². The molecule has 4 aromatic rings. The molecule has 0 radical (unpaired) electrons. The summed E-state index contributed by atoms with van der Waals surface area (Å²) < 4.78 is 1.97. The van der Waals surface area contributed by atoms with E-state index in [2.05, 4.69) is 32.6 Å². The highest BCUT2D eigenvalue weighted by Gasteiger charge is 2.16. The number of nitrogens with one attached hydrogen (secondary N) is 2. The van der Waals surface area contributed by atoms with E-state index in [-0.39, 0.29) is 0 Å². The van der Waals surface area contributed by atoms with E-state index >= 15 is 0 Å². The van der Waals surface area contributed by atoms with Crippen molar-refractivity contribution in [3.63, 3.8) is 0 Å². The van der Waals surface area contributed by atoms with Crippen LogP contribution in [0, 0.1) is 0 Å². The third-order valence-corrected chi connectivity index (χ3v) is 5.22. The maximum absolute atomic E-state index is 6.21. The minimum Gasteiger partial charge on any atom is -0.383 e. The molecule has 5 rings (SSSR count). The lowest BCUT2D eigenvalue weighted by molar-refractivity contribution is 0.332. The van der Waals surface area contributed by atoms with E-state index in [9.17, 15) is 0 Å². The maximum atomic E-state index is 6.21. The van der Waals surface area contributed by atoms with Crippen LogP contribution in [0.4, 0.5) is 5.82 Å². The summed E-state index contributed by atoms with van der Waals surface area (Å²) in [6.07, 6.45) is 7.67. The Morgan fingerprint density at radius 2 is 2.15 bits per heavy atom. The summed E-state index contributed by atoms with van der Waals surface area (Å²) in [4.78, 5) is 4.59. The zero-order chi connectivity index (χ0) is 17.5. The first-order chi connectivity index (χ1) is 12.8. The van der Waals surface area contributed by atoms with Gasteiger partial charge in [-0.3, -0.25) is 9.78 Å². The zero-order valence-electron chi connectivity index (χ0n) is 14.4. The van der Waals surface area contributed by atoms with Gasteiger partial charge in [-0.15, -0.1) is 0 Å². The Bertz CT molecular complexity index is 1060. The van der Waals surface area contributed by atoms with Gasteiger partial charge in [0.25, 0.3) is 0 Å². The summed E-state index contributed by atoms with van der Waals surface area (Å²) in [6, 6.07) is 8.77. The predicted octanol–water partition coefficient (Wildman–Crippen LogP) is 2.70. The molecule has 0 atom stereocenters. The lowest BCUT2D eigenvalue weighted by Crippen LogP contribution is -2.37. The van der Waals surface area contributed by atoms with Gasteiger partial charge in [0.1, 0.15) is 11.3 Å². The van der Waals surface area contributed by atoms with Crippen molar-refractivity contribution >= 4 is 27.6 Å². The van der Waals surface area contributed by atoms with Gasteiger partial charge < -0.3 is 11.1 Å². The van der Waals surface area contributed by atoms with Crippen molar-refractivity contribution in [2.24, 2.45) is 0 Å². The minimum absolute atomic E-state index is 0.521. The van der Waals surface area contributed by atoms with Crippen molar-refractivity contribution in [2.75, 3.05) is 12.3 Å². The number of hydrogen-bond acceptors (Lipinski definition) is 5. The molecule has 1 aromatic carbocycles. The third-order valence-electron chi connectivity index (χ3n) is 5.22. The van der Waals surface area contributed by atoms with Gasteiger partial charge in [-0.25, -0.2) is 4.98 Å². The number of benzene rings is 1. The van der Waals surface area contributed by atoms with Crippen LogP contribution in [0.15, 0.2) is 36.7 Å². The molecule has 0 aliphatic heterocycles. The number of nitrogens with zero attached hydrogens (tertiary/aromatic N) is 4. The highest BCUT2D eigenvalue weighted by molar-refractivity contribution is 6.08. The van der Waals surface area contributed by atoms with Crippen LogP contribution in [0.1, 0.15) is 19.3 Å². The molecule has 3 heterocycles. The van der Waals surface area contributed by atoms with Crippen LogP contribution in [0.5, 0.6) is 0 Å². The molecule has 0 saturated heterocycles. The number of nitrogen functional groups attached to an aromatic ring is 1. The molecule has 0 bridgehead atoms. The Hall–Kier alpha value is -2.93. The second-order valence-corrected chi connectivity index (χ2v) is 6.94. The van der Waals surface area contributed by atoms with Crippen LogP contribution in [0.25, 0.3) is 33.1 Å². The van der Waals surface area contributed by atoms with E-state index in [1.807, 2.05) is 23.0 Å². The number of hydrogen-bond donors (Lipinski definition) is 3. The number of fused-ring (bicyclic) bond motifs is 3. The van der Waals surface area contributed by atoms with Crippen molar-refractivity contribution < 1.29 is 0 Å². The molecule has 0 amide bonds. The number of rotatable bonds is 5. The maximum Gasteiger partial charge on any atom is 0.135 e. The Morgan fingerprint density at radius 3 is 2.92 bits per heavy atom. The monoisotopic (exact) mass is 347 g/mol. The fourth-order valence-electron chi connectivity index (χ4n) is 3.52. The van der Waals surface area contributed by atoms with Crippen LogP contribution in [-0.4, -0.2) is 37.5 Å². The van der Waals surface area contributed by atoms with Gasteiger partial charge in [-0.2, -0.15) is 10.2 Å². The van der Waals surface area contributed by atoms with E-state index in [4.69, 9.17) is 10.8 Å². The molecule has 3 aromatic heterocycles. The Labute approximate surface area is 150 Å². The first kappa shape index (κ1) is 15.3. The van der Waals surface area contributed by atoms with E-state index in [0.717, 1.165) is 46.2 Å². The molecule has 7 heteroatoms. The minimum atomic E-state index is 0.521. The molecule has 7 nitrogen and oxygen atoms in total. The summed E-state index contributed by atoms with van der Waals surface area (Å²) in [5, 5.41) is 17.3. The van der Waals surface area contributed by atoms with E-state index in [1.54, 1.807) is 6.20 Å². The van der Waals surface area contributed by atoms with Gasteiger partial charge in [0.2, 0.25) is 0 Å². The van der Waals surface area contributed by atoms with Crippen molar-refractivity contribution in [3.05, 3.63) is 36.7 Å². The van der Waals surface area contributed by atoms with Crippen molar-refractivity contribution in [3.8, 4) is 11.3 Å². The molecule has 1 saturated carbocycles. The molecule has 1 aliphatic carbocycles. The fourth-order valence-corrected chi connectivity index (χ4v) is 3.52. The van der Waals surface area contributed by atoms with Crippen LogP contribution in [0.3, 0.4) is 0 Å². The fraction of sp³-hybridized carbons (Fsp3) is 0.316. The van der Waals surface area contributed by atoms with Crippen LogP contribution >= 0.6 is 0 Å². The van der Waals surface area contributed by atoms with E-state index < -0.39 is 0 Å².